The second kappa shape index (κ2) is 4.76. The highest BCUT2D eigenvalue weighted by Crippen LogP contribution is 2.32. The Morgan fingerprint density at radius 1 is 1.28 bits per heavy atom. The number of carbonyl (C=O) groups is 1. The topological polar surface area (TPSA) is 93.1 Å². The molecule has 0 bridgehead atoms. The van der Waals surface area contributed by atoms with Crippen LogP contribution in [-0.2, 0) is 24.3 Å². The van der Waals surface area contributed by atoms with Crippen LogP contribution in [0, 0.1) is 0 Å². The van der Waals surface area contributed by atoms with Gasteiger partial charge in [0.15, 0.2) is 11.0 Å². The molecular weight excluding hydrogens is 262 g/mol. The largest absolute Gasteiger partial charge is 0.480 e. The van der Waals surface area contributed by atoms with Crippen LogP contribution in [0.25, 0.3) is 0 Å². The molecule has 1 spiro atoms. The fourth-order valence-corrected chi connectivity index (χ4v) is 3.61. The molecule has 2 saturated heterocycles. The van der Waals surface area contributed by atoms with Crippen molar-refractivity contribution < 1.29 is 27.8 Å². The van der Waals surface area contributed by atoms with Crippen molar-refractivity contribution >= 4 is 16.0 Å². The van der Waals surface area contributed by atoms with Crippen molar-refractivity contribution in [1.29, 1.82) is 0 Å². The molecule has 0 aromatic carbocycles. The molecule has 104 valence electrons. The molecule has 8 heteroatoms. The molecule has 1 atom stereocenters. The zero-order valence-electron chi connectivity index (χ0n) is 10.2. The van der Waals surface area contributed by atoms with Gasteiger partial charge in [-0.3, -0.25) is 4.79 Å². The van der Waals surface area contributed by atoms with Crippen molar-refractivity contribution in [2.75, 3.05) is 26.3 Å². The number of carboxylic acid groups (broad SMARTS) is 1. The minimum Gasteiger partial charge on any atom is -0.480 e. The van der Waals surface area contributed by atoms with Crippen LogP contribution < -0.4 is 0 Å². The summed E-state index contributed by atoms with van der Waals surface area (Å²) in [5.41, 5.74) is 0. The molecule has 0 radical (unpaired) electrons. The fraction of sp³-hybridized carbons (Fsp3) is 0.900. The zero-order valence-corrected chi connectivity index (χ0v) is 11.0. The van der Waals surface area contributed by atoms with Crippen molar-refractivity contribution in [2.45, 2.75) is 30.8 Å². The van der Waals surface area contributed by atoms with E-state index in [2.05, 4.69) is 0 Å². The summed E-state index contributed by atoms with van der Waals surface area (Å²) in [4.78, 5) is 10.8. The Morgan fingerprint density at radius 2 is 1.78 bits per heavy atom. The van der Waals surface area contributed by atoms with Crippen molar-refractivity contribution in [2.24, 2.45) is 0 Å². The number of rotatable bonds is 3. The van der Waals surface area contributed by atoms with Crippen molar-refractivity contribution in [3.63, 3.8) is 0 Å². The van der Waals surface area contributed by atoms with Crippen LogP contribution in [0.2, 0.25) is 0 Å². The highest BCUT2D eigenvalue weighted by molar-refractivity contribution is 7.90. The Kier molecular flexibility index (Phi) is 3.63. The quantitative estimate of drug-likeness (QED) is 0.757. The molecule has 1 N–H and O–H groups in total. The molecule has 0 aromatic rings. The maximum Gasteiger partial charge on any atom is 0.323 e. The molecule has 2 heterocycles. The third-order valence-electron chi connectivity index (χ3n) is 3.45. The summed E-state index contributed by atoms with van der Waals surface area (Å²) in [6.07, 6.45) is 0.886. The van der Waals surface area contributed by atoms with Crippen LogP contribution in [0.3, 0.4) is 0 Å². The summed E-state index contributed by atoms with van der Waals surface area (Å²) in [5.74, 6) is -1.98. The van der Waals surface area contributed by atoms with E-state index in [1.165, 1.54) is 11.2 Å². The Hall–Kier alpha value is -0.700. The predicted octanol–water partition coefficient (Wildman–Crippen LogP) is -0.372. The number of sulfonamides is 1. The number of aliphatic carboxylic acids is 1. The average Bonchev–Trinajstić information content (AvgIpc) is 2.77. The van der Waals surface area contributed by atoms with Gasteiger partial charge in [0, 0.05) is 25.9 Å². The summed E-state index contributed by atoms with van der Waals surface area (Å²) in [7, 11) is -3.78. The molecule has 2 aliphatic rings. The molecule has 0 amide bonds. The van der Waals surface area contributed by atoms with E-state index in [0.29, 0.717) is 26.1 Å². The van der Waals surface area contributed by atoms with Gasteiger partial charge in [0.2, 0.25) is 10.0 Å². The lowest BCUT2D eigenvalue weighted by molar-refractivity contribution is -0.179. The maximum absolute atomic E-state index is 12.0. The van der Waals surface area contributed by atoms with Gasteiger partial charge in [0.25, 0.3) is 0 Å². The molecular formula is C10H17NO6S. The lowest BCUT2D eigenvalue weighted by Gasteiger charge is -2.37. The van der Waals surface area contributed by atoms with Gasteiger partial charge in [-0.1, -0.05) is 0 Å². The first-order chi connectivity index (χ1) is 8.37. The SMILES string of the molecule is CC(C(=O)O)S(=O)(=O)N1CCC2(CC1)OCCO2. The van der Waals surface area contributed by atoms with Gasteiger partial charge in [-0.05, 0) is 6.92 Å². The third-order valence-corrected chi connectivity index (χ3v) is 5.63. The molecule has 0 aromatic heterocycles. The summed E-state index contributed by atoms with van der Waals surface area (Å²) in [6.45, 7) is 2.71. The predicted molar refractivity (Wildman–Crippen MR) is 61.5 cm³/mol. The van der Waals surface area contributed by atoms with Crippen molar-refractivity contribution in [3.05, 3.63) is 0 Å². The highest BCUT2D eigenvalue weighted by atomic mass is 32.2. The molecule has 0 aliphatic carbocycles. The summed E-state index contributed by atoms with van der Waals surface area (Å²) in [6, 6.07) is 0. The summed E-state index contributed by atoms with van der Waals surface area (Å²) >= 11 is 0. The van der Waals surface area contributed by atoms with Gasteiger partial charge in [-0.2, -0.15) is 0 Å². The van der Waals surface area contributed by atoms with Gasteiger partial charge < -0.3 is 14.6 Å². The lowest BCUT2D eigenvalue weighted by Crippen LogP contribution is -2.50. The summed E-state index contributed by atoms with van der Waals surface area (Å²) in [5, 5.41) is 7.38. The van der Waals surface area contributed by atoms with E-state index in [9.17, 15) is 13.2 Å². The number of piperidine rings is 1. The minimum absolute atomic E-state index is 0.236. The van der Waals surface area contributed by atoms with Gasteiger partial charge in [-0.15, -0.1) is 0 Å². The van der Waals surface area contributed by atoms with E-state index in [-0.39, 0.29) is 13.1 Å². The molecule has 18 heavy (non-hydrogen) atoms. The van der Waals surface area contributed by atoms with Gasteiger partial charge >= 0.3 is 5.97 Å². The Bertz CT molecular complexity index is 418. The highest BCUT2D eigenvalue weighted by Gasteiger charge is 2.44. The first kappa shape index (κ1) is 13.7. The van der Waals surface area contributed by atoms with Crippen LogP contribution in [-0.4, -0.2) is 61.1 Å². The van der Waals surface area contributed by atoms with E-state index < -0.39 is 27.0 Å². The second-order valence-corrected chi connectivity index (χ2v) is 6.79. The van der Waals surface area contributed by atoms with Gasteiger partial charge in [0.05, 0.1) is 13.2 Å². The molecule has 2 aliphatic heterocycles. The van der Waals surface area contributed by atoms with Crippen LogP contribution in [0.5, 0.6) is 0 Å². The number of hydrogen-bond acceptors (Lipinski definition) is 5. The van der Waals surface area contributed by atoms with Gasteiger partial charge in [0.1, 0.15) is 0 Å². The Morgan fingerprint density at radius 3 is 2.22 bits per heavy atom. The smallest absolute Gasteiger partial charge is 0.323 e. The van der Waals surface area contributed by atoms with Crippen molar-refractivity contribution in [3.8, 4) is 0 Å². The van der Waals surface area contributed by atoms with Crippen molar-refractivity contribution in [1.82, 2.24) is 4.31 Å². The Labute approximate surface area is 106 Å². The number of hydrogen-bond donors (Lipinski definition) is 1. The van der Waals surface area contributed by atoms with Crippen LogP contribution in [0.15, 0.2) is 0 Å². The minimum atomic E-state index is -3.78. The molecule has 1 unspecified atom stereocenters. The normalized spacial score (nSPS) is 26.3. The second-order valence-electron chi connectivity index (χ2n) is 4.53. The first-order valence-corrected chi connectivity index (χ1v) is 7.37. The van der Waals surface area contributed by atoms with Crippen LogP contribution in [0.1, 0.15) is 19.8 Å². The van der Waals surface area contributed by atoms with E-state index in [4.69, 9.17) is 14.6 Å². The fourth-order valence-electron chi connectivity index (χ4n) is 2.22. The van der Waals surface area contributed by atoms with E-state index >= 15 is 0 Å². The molecule has 0 saturated carbocycles. The summed E-state index contributed by atoms with van der Waals surface area (Å²) < 4.78 is 36.2. The monoisotopic (exact) mass is 279 g/mol. The molecule has 2 rings (SSSR count). The molecule has 7 nitrogen and oxygen atoms in total. The van der Waals surface area contributed by atoms with Crippen LogP contribution in [0.4, 0.5) is 0 Å². The number of ether oxygens (including phenoxy) is 2. The zero-order chi connectivity index (χ0) is 13.4. The average molecular weight is 279 g/mol. The number of carboxylic acids is 1. The Balaban J connectivity index is 2.03. The van der Waals surface area contributed by atoms with Crippen LogP contribution >= 0.6 is 0 Å². The van der Waals surface area contributed by atoms with E-state index in [1.54, 1.807) is 0 Å². The lowest BCUT2D eigenvalue weighted by atomic mass is 10.1. The number of nitrogens with zero attached hydrogens (tertiary/aromatic N) is 1. The van der Waals surface area contributed by atoms with Gasteiger partial charge in [-0.25, -0.2) is 12.7 Å². The first-order valence-electron chi connectivity index (χ1n) is 5.87. The van der Waals surface area contributed by atoms with E-state index in [1.807, 2.05) is 0 Å². The van der Waals surface area contributed by atoms with E-state index in [0.717, 1.165) is 0 Å². The molecule has 2 fully saturated rings. The third kappa shape index (κ3) is 2.37. The maximum atomic E-state index is 12.0. The standard InChI is InChI=1S/C10H17NO6S/c1-8(9(12)13)18(14,15)11-4-2-10(3-5-11)16-6-7-17-10/h8H,2-7H2,1H3,(H,12,13).